The number of fused-ring (bicyclic) bond motifs is 1. The zero-order chi connectivity index (χ0) is 39.3. The minimum Gasteiger partial charge on any atom is -0.505 e. The number of carboxylic acids is 2. The molecule has 1 radical (unpaired) electrons. The fraction of sp³-hybridized carbons (Fsp3) is 0.342. The summed E-state index contributed by atoms with van der Waals surface area (Å²) < 4.78 is 33.6. The Balaban J connectivity index is 0.00000673. The molecule has 15 nitrogen and oxygen atoms in total. The van der Waals surface area contributed by atoms with E-state index in [2.05, 4.69) is 10.2 Å². The number of nitrogen functional groups attached to an aromatic ring is 1. The number of ketones is 1. The smallest absolute Gasteiger partial charge is 0.317 e. The van der Waals surface area contributed by atoms with Crippen molar-refractivity contribution in [1.29, 1.82) is 0 Å². The summed E-state index contributed by atoms with van der Waals surface area (Å²) in [4.78, 5) is 41.1. The maximum atomic E-state index is 13.3. The number of hydrogen-bond donors (Lipinski definition) is 5. The number of hydrogen-bond acceptors (Lipinski definition) is 12. The third-order valence-corrected chi connectivity index (χ3v) is 10.5. The first-order valence-corrected chi connectivity index (χ1v) is 18.7. The zero-order valence-electron chi connectivity index (χ0n) is 30.6. The van der Waals surface area contributed by atoms with Gasteiger partial charge in [-0.25, -0.2) is 0 Å². The molecule has 1 aliphatic heterocycles. The van der Waals surface area contributed by atoms with E-state index in [1.54, 1.807) is 22.8 Å². The minimum atomic E-state index is -4.58. The van der Waals surface area contributed by atoms with Crippen LogP contribution < -0.4 is 5.73 Å². The molecule has 0 amide bonds. The Kier molecular flexibility index (Phi) is 14.3. The number of nitrogens with two attached hydrogens (primary N) is 1. The van der Waals surface area contributed by atoms with Crippen molar-refractivity contribution in [1.82, 2.24) is 14.7 Å². The first kappa shape index (κ1) is 43.0. The zero-order valence-corrected chi connectivity index (χ0v) is 32.4. The van der Waals surface area contributed by atoms with Gasteiger partial charge in [-0.1, -0.05) is 30.3 Å². The molecule has 1 heterocycles. The number of Topliss-reactive ketones (excluding diaryl/α,β-unsaturated/α-hetero) is 1. The number of nitrogens with zero attached hydrogens (tertiary/aromatic N) is 5. The van der Waals surface area contributed by atoms with Crippen molar-refractivity contribution < 1.29 is 59.7 Å². The molecule has 1 fully saturated rings. The molecule has 0 aromatic heterocycles. The van der Waals surface area contributed by atoms with Gasteiger partial charge in [-0.3, -0.25) is 33.6 Å². The molecule has 1 aliphatic rings. The van der Waals surface area contributed by atoms with Crippen molar-refractivity contribution in [2.75, 3.05) is 64.6 Å². The molecule has 0 aliphatic carbocycles. The van der Waals surface area contributed by atoms with Gasteiger partial charge < -0.3 is 21.1 Å². The molecular formula is C38H44CuN6O9S. The number of carbonyl (C=O) groups excluding carboxylic acids is 1. The van der Waals surface area contributed by atoms with Gasteiger partial charge in [-0.05, 0) is 78.4 Å². The molecule has 55 heavy (non-hydrogen) atoms. The van der Waals surface area contributed by atoms with E-state index in [0.717, 1.165) is 27.8 Å². The van der Waals surface area contributed by atoms with Crippen LogP contribution in [0.3, 0.4) is 0 Å². The van der Waals surface area contributed by atoms with Crippen LogP contribution in [0.15, 0.2) is 69.7 Å². The fourth-order valence-electron chi connectivity index (χ4n) is 6.59. The summed E-state index contributed by atoms with van der Waals surface area (Å²) in [7, 11) is -4.58. The normalized spacial score (nSPS) is 15.0. The number of carbonyl (C=O) groups is 3. The van der Waals surface area contributed by atoms with E-state index in [1.807, 2.05) is 49.1 Å². The largest absolute Gasteiger partial charge is 0.505 e. The van der Waals surface area contributed by atoms with Gasteiger partial charge in [0.15, 0.2) is 11.5 Å². The number of anilines is 1. The predicted octanol–water partition coefficient (Wildman–Crippen LogP) is 4.58. The van der Waals surface area contributed by atoms with Gasteiger partial charge in [0.1, 0.15) is 10.6 Å². The van der Waals surface area contributed by atoms with E-state index in [0.29, 0.717) is 50.5 Å². The second-order valence-corrected chi connectivity index (χ2v) is 15.0. The number of benzene rings is 4. The van der Waals surface area contributed by atoms with Gasteiger partial charge in [0.05, 0.1) is 30.7 Å². The summed E-state index contributed by atoms with van der Waals surface area (Å²) in [6.45, 7) is 7.96. The van der Waals surface area contributed by atoms with E-state index >= 15 is 0 Å². The Morgan fingerprint density at radius 1 is 0.709 bits per heavy atom. The second kappa shape index (κ2) is 18.3. The van der Waals surface area contributed by atoms with Crippen LogP contribution in [0.25, 0.3) is 21.9 Å². The quantitative estimate of drug-likeness (QED) is 0.0572. The maximum Gasteiger partial charge on any atom is 0.317 e. The topological polar surface area (TPSA) is 227 Å². The first-order chi connectivity index (χ1) is 25.5. The number of azo groups is 1. The number of rotatable bonds is 12. The van der Waals surface area contributed by atoms with Crippen LogP contribution in [0.1, 0.15) is 22.3 Å². The van der Waals surface area contributed by atoms with E-state index in [9.17, 15) is 42.7 Å². The van der Waals surface area contributed by atoms with Crippen LogP contribution >= 0.6 is 0 Å². The first-order valence-electron chi connectivity index (χ1n) is 17.3. The summed E-state index contributed by atoms with van der Waals surface area (Å²) in [5, 5.41) is 38.3. The van der Waals surface area contributed by atoms with E-state index in [1.165, 1.54) is 18.2 Å². The number of carboxylic acid groups (broad SMARTS) is 2. The molecule has 1 saturated heterocycles. The van der Waals surface area contributed by atoms with Crippen LogP contribution in [0.2, 0.25) is 0 Å². The third-order valence-electron chi connectivity index (χ3n) is 9.58. The summed E-state index contributed by atoms with van der Waals surface area (Å²) in [5.74, 6) is -2.29. The molecular weight excluding hydrogens is 780 g/mol. The standard InChI is InChI=1S/C38H44N6O9S.Cu/c1-23-16-27(5-4-26(23)19-29(45)20-42-10-12-43(21-34(46)47)14-15-44(13-11-42)22-35(48)49)28-6-8-31(24(2)17-28)40-41-32-9-7-30-33(54(51,52)53)18-25(3)37(39)36(30)38(32)50;/h4-9,16-18,50H,10-15,19-22,39H2,1-3H3,(H,46,47)(H,48,49)(H,51,52,53);. The van der Waals surface area contributed by atoms with Crippen LogP contribution in [0.5, 0.6) is 5.75 Å². The fourth-order valence-corrected chi connectivity index (χ4v) is 7.36. The Morgan fingerprint density at radius 2 is 1.20 bits per heavy atom. The van der Waals surface area contributed by atoms with Crippen LogP contribution in [0, 0.1) is 20.8 Å². The van der Waals surface area contributed by atoms with Gasteiger partial charge in [0, 0.05) is 73.8 Å². The van der Waals surface area contributed by atoms with Crippen molar-refractivity contribution >= 4 is 55.7 Å². The van der Waals surface area contributed by atoms with E-state index in [4.69, 9.17) is 5.73 Å². The molecule has 0 atom stereocenters. The van der Waals surface area contributed by atoms with Gasteiger partial charge >= 0.3 is 11.9 Å². The SMILES string of the molecule is Cc1cc(-c2ccc(N=Nc3ccc4c(S(=O)(=O)O)cc(C)c(N)c4c3O)c(C)c2)ccc1CC(=O)CN1CCN(CC(=O)O)CCN(CC(=O)O)CC1.[Cu]. The molecule has 5 rings (SSSR count). The Labute approximate surface area is 329 Å². The second-order valence-electron chi connectivity index (χ2n) is 13.6. The van der Waals surface area contributed by atoms with Crippen molar-refractivity contribution in [2.45, 2.75) is 32.1 Å². The Morgan fingerprint density at radius 3 is 1.71 bits per heavy atom. The maximum absolute atomic E-state index is 13.3. The molecule has 0 spiro atoms. The average Bonchev–Trinajstić information content (AvgIpc) is 3.17. The average molecular weight is 824 g/mol. The number of aliphatic carboxylic acids is 2. The van der Waals surface area contributed by atoms with Gasteiger partial charge in [-0.2, -0.15) is 13.5 Å². The molecule has 4 aromatic carbocycles. The number of phenols is 1. The summed E-state index contributed by atoms with van der Waals surface area (Å²) in [6, 6.07) is 15.5. The number of phenolic OH excluding ortho intramolecular Hbond substituents is 1. The number of aromatic hydroxyl groups is 1. The van der Waals surface area contributed by atoms with Crippen LogP contribution in [-0.4, -0.2) is 120 Å². The van der Waals surface area contributed by atoms with Gasteiger partial charge in [0.2, 0.25) is 0 Å². The van der Waals surface area contributed by atoms with E-state index in [-0.39, 0.29) is 81.7 Å². The molecule has 4 aromatic rings. The molecule has 0 unspecified atom stereocenters. The van der Waals surface area contributed by atoms with Crippen molar-refractivity contribution in [3.05, 3.63) is 76.9 Å². The summed E-state index contributed by atoms with van der Waals surface area (Å²) in [5.41, 5.74) is 11.7. The van der Waals surface area contributed by atoms with Gasteiger partial charge in [-0.15, -0.1) is 5.11 Å². The van der Waals surface area contributed by atoms with Gasteiger partial charge in [0.25, 0.3) is 10.1 Å². The van der Waals surface area contributed by atoms with Crippen molar-refractivity contribution in [2.24, 2.45) is 10.2 Å². The van der Waals surface area contributed by atoms with Crippen molar-refractivity contribution in [3.8, 4) is 16.9 Å². The van der Waals surface area contributed by atoms with Crippen molar-refractivity contribution in [3.63, 3.8) is 0 Å². The van der Waals surface area contributed by atoms with Crippen LogP contribution in [0.4, 0.5) is 17.1 Å². The molecule has 17 heteroatoms. The van der Waals surface area contributed by atoms with E-state index < -0.39 is 22.1 Å². The predicted molar refractivity (Wildman–Crippen MR) is 203 cm³/mol. The molecule has 0 saturated carbocycles. The summed E-state index contributed by atoms with van der Waals surface area (Å²) >= 11 is 0. The minimum absolute atomic E-state index is 0. The molecule has 6 N–H and O–H groups in total. The molecule has 0 bridgehead atoms. The molecule has 297 valence electrons. The number of aryl methyl sites for hydroxylation is 3. The Hall–Kier alpha value is -4.74. The Bertz CT molecular complexity index is 2220. The monoisotopic (exact) mass is 823 g/mol. The third kappa shape index (κ3) is 10.9. The van der Waals surface area contributed by atoms with Crippen LogP contribution in [-0.2, 0) is 48.0 Å². The summed E-state index contributed by atoms with van der Waals surface area (Å²) in [6.07, 6.45) is 0.211.